The molecule has 0 aliphatic carbocycles. The van der Waals surface area contributed by atoms with Gasteiger partial charge in [0.05, 0.1) is 18.2 Å². The van der Waals surface area contributed by atoms with Crippen LogP contribution >= 0.6 is 0 Å². The van der Waals surface area contributed by atoms with Crippen LogP contribution in [0.2, 0.25) is 0 Å². The van der Waals surface area contributed by atoms with Crippen LogP contribution in [0.1, 0.15) is 15.9 Å². The number of hydrogen-bond donors (Lipinski definition) is 1. The van der Waals surface area contributed by atoms with Crippen molar-refractivity contribution in [2.75, 3.05) is 19.0 Å². The Kier molecular flexibility index (Phi) is 5.81. The third-order valence-corrected chi connectivity index (χ3v) is 3.23. The third kappa shape index (κ3) is 4.95. The van der Waals surface area contributed by atoms with Crippen molar-refractivity contribution >= 4 is 17.6 Å². The fraction of sp³-hybridized carbons (Fsp3) is 0.176. The summed E-state index contributed by atoms with van der Waals surface area (Å²) in [6, 6.07) is 7.20. The number of rotatable bonds is 5. The number of hydrogen-bond acceptors (Lipinski definition) is 4. The van der Waals surface area contributed by atoms with Gasteiger partial charge in [-0.15, -0.1) is 0 Å². The maximum absolute atomic E-state index is 13.7. The molecule has 2 rings (SSSR count). The highest BCUT2D eigenvalue weighted by Gasteiger charge is 2.30. The minimum absolute atomic E-state index is 0.0923. The number of benzene rings is 2. The molecule has 0 spiro atoms. The van der Waals surface area contributed by atoms with E-state index in [9.17, 15) is 27.2 Å². The zero-order chi connectivity index (χ0) is 19.3. The second kappa shape index (κ2) is 7.85. The molecule has 0 saturated heterocycles. The van der Waals surface area contributed by atoms with Crippen LogP contribution in [0.25, 0.3) is 0 Å². The van der Waals surface area contributed by atoms with E-state index in [1.165, 1.54) is 13.2 Å². The summed E-state index contributed by atoms with van der Waals surface area (Å²) in [5.74, 6) is -2.52. The van der Waals surface area contributed by atoms with Crippen molar-refractivity contribution in [2.24, 2.45) is 0 Å². The average Bonchev–Trinajstić information content (AvgIpc) is 2.59. The van der Waals surface area contributed by atoms with Gasteiger partial charge < -0.3 is 14.8 Å². The van der Waals surface area contributed by atoms with Crippen molar-refractivity contribution in [3.05, 3.63) is 59.4 Å². The van der Waals surface area contributed by atoms with E-state index < -0.39 is 36.0 Å². The number of anilines is 1. The Morgan fingerprint density at radius 2 is 1.73 bits per heavy atom. The van der Waals surface area contributed by atoms with Gasteiger partial charge in [-0.2, -0.15) is 13.2 Å². The molecule has 0 atom stereocenters. The Morgan fingerprint density at radius 3 is 2.27 bits per heavy atom. The second-order valence-corrected chi connectivity index (χ2v) is 5.05. The molecule has 1 amide bonds. The van der Waals surface area contributed by atoms with Crippen molar-refractivity contribution in [2.45, 2.75) is 6.18 Å². The molecular weight excluding hydrogens is 358 g/mol. The SMILES string of the molecule is COc1ccc(C(=O)OCC(=O)Nc2ccc(C(F)(F)F)cc2)c(F)c1. The Labute approximate surface area is 145 Å². The Balaban J connectivity index is 1.91. The second-order valence-electron chi connectivity index (χ2n) is 5.05. The predicted molar refractivity (Wildman–Crippen MR) is 83.3 cm³/mol. The Morgan fingerprint density at radius 1 is 1.08 bits per heavy atom. The summed E-state index contributed by atoms with van der Waals surface area (Å²) >= 11 is 0. The highest BCUT2D eigenvalue weighted by atomic mass is 19.4. The fourth-order valence-electron chi connectivity index (χ4n) is 1.94. The van der Waals surface area contributed by atoms with Crippen LogP contribution < -0.4 is 10.1 Å². The molecule has 2 aromatic carbocycles. The number of alkyl halides is 3. The smallest absolute Gasteiger partial charge is 0.416 e. The van der Waals surface area contributed by atoms with E-state index in [0.29, 0.717) is 0 Å². The van der Waals surface area contributed by atoms with E-state index in [1.807, 2.05) is 0 Å². The number of ether oxygens (including phenoxy) is 2. The van der Waals surface area contributed by atoms with E-state index in [-0.39, 0.29) is 17.0 Å². The molecule has 0 aliphatic heterocycles. The third-order valence-electron chi connectivity index (χ3n) is 3.23. The molecule has 138 valence electrons. The first kappa shape index (κ1) is 19.2. The van der Waals surface area contributed by atoms with Gasteiger partial charge in [0, 0.05) is 11.8 Å². The van der Waals surface area contributed by atoms with Crippen molar-refractivity contribution in [3.8, 4) is 5.75 Å². The molecule has 0 fully saturated rings. The maximum atomic E-state index is 13.7. The lowest BCUT2D eigenvalue weighted by molar-refractivity contribution is -0.137. The minimum Gasteiger partial charge on any atom is -0.497 e. The molecule has 5 nitrogen and oxygen atoms in total. The van der Waals surface area contributed by atoms with Gasteiger partial charge in [-0.25, -0.2) is 9.18 Å². The number of methoxy groups -OCH3 is 1. The standard InChI is InChI=1S/C17H13F4NO4/c1-25-12-6-7-13(14(18)8-12)16(24)26-9-15(23)22-11-4-2-10(3-5-11)17(19,20)21/h2-8H,9H2,1H3,(H,22,23). The molecule has 0 aliphatic rings. The molecule has 0 bridgehead atoms. The summed E-state index contributed by atoms with van der Waals surface area (Å²) in [5.41, 5.74) is -1.15. The highest BCUT2D eigenvalue weighted by molar-refractivity contribution is 5.95. The molecule has 1 N–H and O–H groups in total. The van der Waals surface area contributed by atoms with Gasteiger partial charge in [0.1, 0.15) is 11.6 Å². The van der Waals surface area contributed by atoms with Crippen LogP contribution in [0.5, 0.6) is 5.75 Å². The topological polar surface area (TPSA) is 64.6 Å². The van der Waals surface area contributed by atoms with Crippen molar-refractivity contribution < 1.29 is 36.6 Å². The summed E-state index contributed by atoms with van der Waals surface area (Å²) in [6.45, 7) is -0.731. The van der Waals surface area contributed by atoms with Crippen molar-refractivity contribution in [3.63, 3.8) is 0 Å². The normalized spacial score (nSPS) is 11.0. The van der Waals surface area contributed by atoms with Gasteiger partial charge in [0.25, 0.3) is 5.91 Å². The van der Waals surface area contributed by atoms with E-state index in [0.717, 1.165) is 36.4 Å². The summed E-state index contributed by atoms with van der Waals surface area (Å²) in [4.78, 5) is 23.5. The lowest BCUT2D eigenvalue weighted by Crippen LogP contribution is -2.21. The zero-order valence-corrected chi connectivity index (χ0v) is 13.4. The van der Waals surface area contributed by atoms with E-state index >= 15 is 0 Å². The van der Waals surface area contributed by atoms with Gasteiger partial charge in [-0.3, -0.25) is 4.79 Å². The molecule has 0 aromatic heterocycles. The van der Waals surface area contributed by atoms with Gasteiger partial charge in [0.2, 0.25) is 0 Å². The first-order valence-electron chi connectivity index (χ1n) is 7.18. The summed E-state index contributed by atoms with van der Waals surface area (Å²) in [7, 11) is 1.33. The maximum Gasteiger partial charge on any atom is 0.416 e. The highest BCUT2D eigenvalue weighted by Crippen LogP contribution is 2.29. The van der Waals surface area contributed by atoms with E-state index in [4.69, 9.17) is 4.74 Å². The van der Waals surface area contributed by atoms with Crippen LogP contribution in [-0.4, -0.2) is 25.6 Å². The Bertz CT molecular complexity index is 803. The van der Waals surface area contributed by atoms with E-state index in [1.54, 1.807) is 0 Å². The summed E-state index contributed by atoms with van der Waals surface area (Å²) in [6.07, 6.45) is -4.49. The van der Waals surface area contributed by atoms with Crippen LogP contribution in [0.3, 0.4) is 0 Å². The lowest BCUT2D eigenvalue weighted by Gasteiger charge is -2.09. The zero-order valence-electron chi connectivity index (χ0n) is 13.4. The van der Waals surface area contributed by atoms with Gasteiger partial charge in [0.15, 0.2) is 6.61 Å². The van der Waals surface area contributed by atoms with Crippen LogP contribution in [0.15, 0.2) is 42.5 Å². The number of halogens is 4. The van der Waals surface area contributed by atoms with Crippen LogP contribution in [-0.2, 0) is 15.7 Å². The molecule has 2 aromatic rings. The van der Waals surface area contributed by atoms with Gasteiger partial charge >= 0.3 is 12.1 Å². The first-order chi connectivity index (χ1) is 12.2. The molecule has 0 saturated carbocycles. The summed E-state index contributed by atoms with van der Waals surface area (Å²) in [5, 5.41) is 2.26. The molecule has 26 heavy (non-hydrogen) atoms. The monoisotopic (exact) mass is 371 g/mol. The number of esters is 1. The number of amides is 1. The number of nitrogens with one attached hydrogen (secondary N) is 1. The van der Waals surface area contributed by atoms with Gasteiger partial charge in [-0.05, 0) is 36.4 Å². The van der Waals surface area contributed by atoms with Crippen molar-refractivity contribution in [1.29, 1.82) is 0 Å². The van der Waals surface area contributed by atoms with Crippen LogP contribution in [0.4, 0.5) is 23.2 Å². The predicted octanol–water partition coefficient (Wildman–Crippen LogP) is 3.65. The summed E-state index contributed by atoms with van der Waals surface area (Å²) < 4.78 is 60.5. The number of carbonyl (C=O) groups excluding carboxylic acids is 2. The molecule has 0 heterocycles. The minimum atomic E-state index is -4.49. The molecule has 0 radical (unpaired) electrons. The molecule has 0 unspecified atom stereocenters. The average molecular weight is 371 g/mol. The lowest BCUT2D eigenvalue weighted by atomic mass is 10.2. The van der Waals surface area contributed by atoms with Gasteiger partial charge in [-0.1, -0.05) is 0 Å². The van der Waals surface area contributed by atoms with Crippen molar-refractivity contribution in [1.82, 2.24) is 0 Å². The largest absolute Gasteiger partial charge is 0.497 e. The Hall–Kier alpha value is -3.10. The molecular formula is C17H13F4NO4. The number of carbonyl (C=O) groups is 2. The van der Waals surface area contributed by atoms with Crippen LogP contribution in [0, 0.1) is 5.82 Å². The first-order valence-corrected chi connectivity index (χ1v) is 7.18. The fourth-order valence-corrected chi connectivity index (χ4v) is 1.94. The van der Waals surface area contributed by atoms with E-state index in [2.05, 4.69) is 10.1 Å². The molecule has 9 heteroatoms. The quantitative estimate of drug-likeness (QED) is 0.644.